The van der Waals surface area contributed by atoms with Gasteiger partial charge in [-0.3, -0.25) is 9.59 Å². The molecule has 2 aromatic rings. The van der Waals surface area contributed by atoms with E-state index in [1.807, 2.05) is 31.2 Å². The van der Waals surface area contributed by atoms with Crippen LogP contribution in [0.25, 0.3) is 0 Å². The summed E-state index contributed by atoms with van der Waals surface area (Å²) < 4.78 is 10.5. The van der Waals surface area contributed by atoms with E-state index in [2.05, 4.69) is 10.5 Å². The zero-order valence-electron chi connectivity index (χ0n) is 15.9. The molecule has 0 unspecified atom stereocenters. The number of carbonyl (C=O) groups excluding carboxylic acids is 2. The van der Waals surface area contributed by atoms with Crippen LogP contribution in [0.15, 0.2) is 53.6 Å². The fourth-order valence-electron chi connectivity index (χ4n) is 2.97. The first kappa shape index (κ1) is 19.4. The van der Waals surface area contributed by atoms with Crippen molar-refractivity contribution in [3.8, 4) is 11.5 Å². The molecule has 1 heterocycles. The summed E-state index contributed by atoms with van der Waals surface area (Å²) in [6.45, 7) is 2.86. The van der Waals surface area contributed by atoms with Gasteiger partial charge in [-0.1, -0.05) is 0 Å². The first-order valence-corrected chi connectivity index (χ1v) is 9.11. The van der Waals surface area contributed by atoms with Gasteiger partial charge in [-0.2, -0.15) is 5.10 Å². The van der Waals surface area contributed by atoms with Crippen LogP contribution in [0, 0.1) is 5.92 Å². The van der Waals surface area contributed by atoms with Crippen molar-refractivity contribution in [2.75, 3.05) is 25.2 Å². The van der Waals surface area contributed by atoms with Crippen LogP contribution in [0.3, 0.4) is 0 Å². The third kappa shape index (κ3) is 4.68. The van der Waals surface area contributed by atoms with E-state index in [4.69, 9.17) is 9.47 Å². The molecule has 1 atom stereocenters. The van der Waals surface area contributed by atoms with Crippen LogP contribution in [0.1, 0.15) is 18.9 Å². The number of nitrogens with one attached hydrogen (secondary N) is 1. The molecule has 1 fully saturated rings. The Labute approximate surface area is 163 Å². The van der Waals surface area contributed by atoms with Crippen molar-refractivity contribution in [1.82, 2.24) is 5.43 Å². The topological polar surface area (TPSA) is 80.2 Å². The van der Waals surface area contributed by atoms with Crippen molar-refractivity contribution in [2.45, 2.75) is 13.3 Å². The first-order chi connectivity index (χ1) is 13.6. The summed E-state index contributed by atoms with van der Waals surface area (Å²) in [5.74, 6) is 0.708. The zero-order valence-corrected chi connectivity index (χ0v) is 15.9. The smallest absolute Gasteiger partial charge is 0.245 e. The van der Waals surface area contributed by atoms with E-state index in [9.17, 15) is 9.59 Å². The van der Waals surface area contributed by atoms with Gasteiger partial charge in [-0.15, -0.1) is 0 Å². The van der Waals surface area contributed by atoms with E-state index in [1.54, 1.807) is 42.5 Å². The minimum atomic E-state index is -0.438. The van der Waals surface area contributed by atoms with Crippen molar-refractivity contribution in [3.05, 3.63) is 54.1 Å². The molecule has 2 aromatic carbocycles. The third-order valence-corrected chi connectivity index (χ3v) is 4.46. The van der Waals surface area contributed by atoms with Gasteiger partial charge in [-0.25, -0.2) is 5.43 Å². The van der Waals surface area contributed by atoms with Crippen LogP contribution in [-0.2, 0) is 9.59 Å². The van der Waals surface area contributed by atoms with Gasteiger partial charge in [0.2, 0.25) is 11.8 Å². The van der Waals surface area contributed by atoms with Gasteiger partial charge >= 0.3 is 0 Å². The molecule has 146 valence electrons. The van der Waals surface area contributed by atoms with E-state index in [0.717, 1.165) is 17.0 Å². The maximum absolute atomic E-state index is 12.4. The van der Waals surface area contributed by atoms with Gasteiger partial charge in [0.25, 0.3) is 0 Å². The normalized spacial score (nSPS) is 16.4. The Morgan fingerprint density at radius 3 is 2.50 bits per heavy atom. The van der Waals surface area contributed by atoms with Crippen LogP contribution in [0.5, 0.6) is 11.5 Å². The number of anilines is 1. The number of ether oxygens (including phenoxy) is 2. The van der Waals surface area contributed by atoms with E-state index in [-0.39, 0.29) is 18.2 Å². The molecule has 1 N–H and O–H groups in total. The minimum absolute atomic E-state index is 0.0826. The summed E-state index contributed by atoms with van der Waals surface area (Å²) in [5, 5.41) is 4.00. The maximum atomic E-state index is 12.4. The Morgan fingerprint density at radius 1 is 1.18 bits per heavy atom. The van der Waals surface area contributed by atoms with Crippen molar-refractivity contribution in [1.29, 1.82) is 0 Å². The molecule has 0 aromatic heterocycles. The molecular weight excluding hydrogens is 358 g/mol. The summed E-state index contributed by atoms with van der Waals surface area (Å²) in [5.41, 5.74) is 4.11. The van der Waals surface area contributed by atoms with Crippen molar-refractivity contribution in [3.63, 3.8) is 0 Å². The molecule has 3 rings (SSSR count). The number of hydrazone groups is 1. The molecule has 0 bridgehead atoms. The fourth-order valence-corrected chi connectivity index (χ4v) is 2.97. The summed E-state index contributed by atoms with van der Waals surface area (Å²) in [6.07, 6.45) is 1.72. The average molecular weight is 381 g/mol. The number of benzene rings is 2. The molecule has 1 aliphatic heterocycles. The summed E-state index contributed by atoms with van der Waals surface area (Å²) in [7, 11) is 1.59. The molecule has 7 heteroatoms. The lowest BCUT2D eigenvalue weighted by molar-refractivity contribution is -0.126. The van der Waals surface area contributed by atoms with Gasteiger partial charge in [0.1, 0.15) is 11.5 Å². The summed E-state index contributed by atoms with van der Waals surface area (Å²) >= 11 is 0. The second-order valence-electron chi connectivity index (χ2n) is 6.34. The van der Waals surface area contributed by atoms with Crippen LogP contribution < -0.4 is 19.8 Å². The molecule has 7 nitrogen and oxygen atoms in total. The quantitative estimate of drug-likeness (QED) is 0.591. The van der Waals surface area contributed by atoms with E-state index in [0.29, 0.717) is 18.9 Å². The van der Waals surface area contributed by atoms with Gasteiger partial charge in [0.05, 0.1) is 25.8 Å². The number of methoxy groups -OCH3 is 1. The highest BCUT2D eigenvalue weighted by Gasteiger charge is 2.35. The Morgan fingerprint density at radius 2 is 1.86 bits per heavy atom. The highest BCUT2D eigenvalue weighted by molar-refractivity contribution is 6.00. The van der Waals surface area contributed by atoms with Gasteiger partial charge in [0, 0.05) is 18.7 Å². The molecule has 28 heavy (non-hydrogen) atoms. The number of carbonyl (C=O) groups is 2. The van der Waals surface area contributed by atoms with Gasteiger partial charge < -0.3 is 14.4 Å². The molecular formula is C21H23N3O4. The fraction of sp³-hybridized carbons (Fsp3) is 0.286. The average Bonchev–Trinajstić information content (AvgIpc) is 3.11. The Bertz CT molecular complexity index is 847. The monoisotopic (exact) mass is 381 g/mol. The molecule has 0 radical (unpaired) electrons. The van der Waals surface area contributed by atoms with E-state index >= 15 is 0 Å². The highest BCUT2D eigenvalue weighted by atomic mass is 16.5. The van der Waals surface area contributed by atoms with Crippen LogP contribution >= 0.6 is 0 Å². The molecule has 0 aliphatic carbocycles. The standard InChI is InChI=1S/C21H23N3O4/c1-3-28-19-8-4-15(5-9-19)13-22-23-21(26)16-12-20(25)24(14-16)17-6-10-18(27-2)11-7-17/h4-11,13,16H,3,12,14H2,1-2H3,(H,23,26)/b22-13+/t16-/m1/s1. The number of hydrogen-bond donors (Lipinski definition) is 1. The molecule has 1 aliphatic rings. The van der Waals surface area contributed by atoms with Crippen molar-refractivity contribution < 1.29 is 19.1 Å². The van der Waals surface area contributed by atoms with Crippen LogP contribution in [-0.4, -0.2) is 38.3 Å². The minimum Gasteiger partial charge on any atom is -0.497 e. The molecule has 1 saturated heterocycles. The van der Waals surface area contributed by atoms with Crippen LogP contribution in [0.4, 0.5) is 5.69 Å². The SMILES string of the molecule is CCOc1ccc(/C=N/NC(=O)[C@@H]2CC(=O)N(c3ccc(OC)cc3)C2)cc1. The first-order valence-electron chi connectivity index (χ1n) is 9.11. The molecule has 0 spiro atoms. The summed E-state index contributed by atoms with van der Waals surface area (Å²) in [6, 6.07) is 14.6. The molecule has 2 amide bonds. The van der Waals surface area contributed by atoms with Gasteiger partial charge in [-0.05, 0) is 61.0 Å². The van der Waals surface area contributed by atoms with Gasteiger partial charge in [0.15, 0.2) is 0 Å². The maximum Gasteiger partial charge on any atom is 0.245 e. The highest BCUT2D eigenvalue weighted by Crippen LogP contribution is 2.26. The lowest BCUT2D eigenvalue weighted by Crippen LogP contribution is -2.30. The van der Waals surface area contributed by atoms with E-state index < -0.39 is 5.92 Å². The largest absolute Gasteiger partial charge is 0.497 e. The Balaban J connectivity index is 1.55. The third-order valence-electron chi connectivity index (χ3n) is 4.46. The van der Waals surface area contributed by atoms with Crippen molar-refractivity contribution in [2.24, 2.45) is 11.0 Å². The summed E-state index contributed by atoms with van der Waals surface area (Å²) in [4.78, 5) is 26.3. The van der Waals surface area contributed by atoms with Crippen LogP contribution in [0.2, 0.25) is 0 Å². The lowest BCUT2D eigenvalue weighted by Gasteiger charge is -2.16. The number of amides is 2. The lowest BCUT2D eigenvalue weighted by atomic mass is 10.1. The second kappa shape index (κ2) is 9.03. The molecule has 0 saturated carbocycles. The Kier molecular flexibility index (Phi) is 6.26. The van der Waals surface area contributed by atoms with E-state index in [1.165, 1.54) is 0 Å². The number of rotatable bonds is 7. The van der Waals surface area contributed by atoms with Crippen molar-refractivity contribution >= 4 is 23.7 Å². The second-order valence-corrected chi connectivity index (χ2v) is 6.34. The predicted molar refractivity (Wildman–Crippen MR) is 107 cm³/mol. The Hall–Kier alpha value is -3.35. The number of hydrogen-bond acceptors (Lipinski definition) is 5. The predicted octanol–water partition coefficient (Wildman–Crippen LogP) is 2.60. The zero-order chi connectivity index (χ0) is 19.9. The number of nitrogens with zero attached hydrogens (tertiary/aromatic N) is 2.